The Labute approximate surface area is 74.2 Å². The molecular weight excluding hydrogens is 148 g/mol. The molecule has 12 heavy (non-hydrogen) atoms. The highest BCUT2D eigenvalue weighted by molar-refractivity contribution is 5.05. The first-order valence-corrected chi connectivity index (χ1v) is 5.47. The lowest BCUT2D eigenvalue weighted by Gasteiger charge is -2.33. The zero-order valence-electron chi connectivity index (χ0n) is 7.74. The Morgan fingerprint density at radius 2 is 1.67 bits per heavy atom. The van der Waals surface area contributed by atoms with E-state index >= 15 is 0 Å². The molecule has 0 radical (unpaired) electrons. The molecule has 1 N–H and O–H groups in total. The van der Waals surface area contributed by atoms with Crippen molar-refractivity contribution in [3.05, 3.63) is 0 Å². The van der Waals surface area contributed by atoms with Crippen molar-refractivity contribution in [3.63, 3.8) is 0 Å². The van der Waals surface area contributed by atoms with Crippen molar-refractivity contribution in [3.8, 4) is 0 Å². The van der Waals surface area contributed by atoms with Gasteiger partial charge in [0, 0.05) is 0 Å². The zero-order valence-corrected chi connectivity index (χ0v) is 7.74. The summed E-state index contributed by atoms with van der Waals surface area (Å²) >= 11 is 0. The summed E-state index contributed by atoms with van der Waals surface area (Å²) in [4.78, 5) is 0. The van der Waals surface area contributed by atoms with E-state index in [2.05, 4.69) is 6.92 Å². The van der Waals surface area contributed by atoms with E-state index in [1.165, 1.54) is 25.7 Å². The van der Waals surface area contributed by atoms with Gasteiger partial charge in [0.2, 0.25) is 0 Å². The molecule has 0 aliphatic heterocycles. The Hall–Kier alpha value is -0.0400. The van der Waals surface area contributed by atoms with Crippen molar-refractivity contribution in [2.45, 2.75) is 38.7 Å². The Bertz CT molecular complexity index is 181. The molecule has 0 amide bonds. The maximum atomic E-state index is 9.93. The van der Waals surface area contributed by atoms with E-state index in [1.807, 2.05) is 0 Å². The summed E-state index contributed by atoms with van der Waals surface area (Å²) in [5.41, 5.74) is 0. The van der Waals surface area contributed by atoms with E-state index in [0.717, 1.165) is 17.8 Å². The summed E-state index contributed by atoms with van der Waals surface area (Å²) in [6.07, 6.45) is 5.70. The van der Waals surface area contributed by atoms with Crippen molar-refractivity contribution in [1.29, 1.82) is 0 Å². The van der Waals surface area contributed by atoms with Crippen LogP contribution in [0.4, 0.5) is 0 Å². The van der Waals surface area contributed by atoms with Gasteiger partial charge in [-0.3, -0.25) is 0 Å². The molecule has 1 nitrogen and oxygen atoms in total. The van der Waals surface area contributed by atoms with E-state index in [9.17, 15) is 5.11 Å². The second-order valence-corrected chi connectivity index (χ2v) is 5.17. The van der Waals surface area contributed by atoms with E-state index in [4.69, 9.17) is 0 Å². The largest absolute Gasteiger partial charge is 0.393 e. The van der Waals surface area contributed by atoms with Crippen LogP contribution in [0.15, 0.2) is 0 Å². The number of fused-ring (bicyclic) bond motifs is 5. The van der Waals surface area contributed by atoms with Gasteiger partial charge in [-0.05, 0) is 48.9 Å². The van der Waals surface area contributed by atoms with Crippen LogP contribution in [-0.2, 0) is 0 Å². The third kappa shape index (κ3) is 0.693. The normalized spacial score (nSPS) is 62.5. The summed E-state index contributed by atoms with van der Waals surface area (Å²) < 4.78 is 0. The molecule has 3 saturated carbocycles. The van der Waals surface area contributed by atoms with E-state index < -0.39 is 0 Å². The van der Waals surface area contributed by atoms with Crippen molar-refractivity contribution >= 4 is 0 Å². The molecule has 68 valence electrons. The van der Waals surface area contributed by atoms with Crippen molar-refractivity contribution in [1.82, 2.24) is 0 Å². The minimum absolute atomic E-state index is 0.0503. The average molecular weight is 166 g/mol. The highest BCUT2D eigenvalue weighted by Gasteiger charge is 2.56. The molecule has 2 bridgehead atoms. The fourth-order valence-corrected chi connectivity index (χ4v) is 4.38. The Morgan fingerprint density at radius 3 is 2.42 bits per heavy atom. The molecule has 0 aromatic heterocycles. The van der Waals surface area contributed by atoms with E-state index in [0.29, 0.717) is 11.8 Å². The van der Waals surface area contributed by atoms with Crippen LogP contribution in [0.3, 0.4) is 0 Å². The van der Waals surface area contributed by atoms with Crippen LogP contribution >= 0.6 is 0 Å². The fraction of sp³-hybridized carbons (Fsp3) is 1.00. The topological polar surface area (TPSA) is 20.2 Å². The first kappa shape index (κ1) is 7.37. The van der Waals surface area contributed by atoms with Crippen LogP contribution in [0.5, 0.6) is 0 Å². The van der Waals surface area contributed by atoms with E-state index in [-0.39, 0.29) is 6.10 Å². The monoisotopic (exact) mass is 166 g/mol. The predicted octanol–water partition coefficient (Wildman–Crippen LogP) is 2.05. The molecule has 1 heteroatoms. The molecule has 3 aliphatic rings. The molecule has 3 aliphatic carbocycles. The third-order valence-corrected chi connectivity index (χ3v) is 4.92. The Morgan fingerprint density at radius 1 is 1.00 bits per heavy atom. The van der Waals surface area contributed by atoms with Crippen LogP contribution in [-0.4, -0.2) is 11.2 Å². The van der Waals surface area contributed by atoms with Crippen molar-refractivity contribution < 1.29 is 5.11 Å². The Balaban J connectivity index is 1.92. The summed E-state index contributed by atoms with van der Waals surface area (Å²) in [5, 5.41) is 9.93. The zero-order chi connectivity index (χ0) is 8.29. The summed E-state index contributed by atoms with van der Waals surface area (Å²) in [6.45, 7) is 2.25. The standard InChI is InChI=1S/C11H18O/c1-6-9-5-10(11(6)12)8-4-2-3-7(8)9/h6-12H,2-5H2,1H3. The van der Waals surface area contributed by atoms with Gasteiger partial charge in [-0.2, -0.15) is 0 Å². The molecule has 3 fully saturated rings. The number of rotatable bonds is 0. The van der Waals surface area contributed by atoms with Crippen LogP contribution in [0.1, 0.15) is 32.6 Å². The van der Waals surface area contributed by atoms with Gasteiger partial charge in [-0.25, -0.2) is 0 Å². The van der Waals surface area contributed by atoms with Crippen molar-refractivity contribution in [2.24, 2.45) is 29.6 Å². The summed E-state index contributed by atoms with van der Waals surface area (Å²) in [6, 6.07) is 0. The minimum atomic E-state index is 0.0503. The SMILES string of the molecule is CC1C(O)C2CC1C1CCCC21. The molecule has 6 atom stereocenters. The molecule has 0 aromatic rings. The van der Waals surface area contributed by atoms with Crippen LogP contribution in [0.2, 0.25) is 0 Å². The van der Waals surface area contributed by atoms with Crippen LogP contribution in [0.25, 0.3) is 0 Å². The number of aliphatic hydroxyl groups excluding tert-OH is 1. The lowest BCUT2D eigenvalue weighted by atomic mass is 9.75. The van der Waals surface area contributed by atoms with Gasteiger partial charge >= 0.3 is 0 Å². The van der Waals surface area contributed by atoms with Gasteiger partial charge in [0.15, 0.2) is 0 Å². The van der Waals surface area contributed by atoms with E-state index in [1.54, 1.807) is 0 Å². The number of aliphatic hydroxyl groups is 1. The fourth-order valence-electron chi connectivity index (χ4n) is 4.38. The van der Waals surface area contributed by atoms with Gasteiger partial charge in [-0.1, -0.05) is 13.3 Å². The second-order valence-electron chi connectivity index (χ2n) is 5.17. The quantitative estimate of drug-likeness (QED) is 0.584. The third-order valence-electron chi connectivity index (χ3n) is 4.92. The maximum Gasteiger partial charge on any atom is 0.0599 e. The smallest absolute Gasteiger partial charge is 0.0599 e. The predicted molar refractivity (Wildman–Crippen MR) is 47.6 cm³/mol. The number of hydrogen-bond acceptors (Lipinski definition) is 1. The van der Waals surface area contributed by atoms with Crippen LogP contribution < -0.4 is 0 Å². The first-order chi connectivity index (χ1) is 5.79. The molecule has 0 aromatic carbocycles. The second kappa shape index (κ2) is 2.25. The van der Waals surface area contributed by atoms with Gasteiger partial charge in [0.1, 0.15) is 0 Å². The average Bonchev–Trinajstić information content (AvgIpc) is 2.63. The molecule has 0 spiro atoms. The highest BCUT2D eigenvalue weighted by atomic mass is 16.3. The van der Waals surface area contributed by atoms with Gasteiger partial charge < -0.3 is 5.11 Å². The molecule has 3 rings (SSSR count). The van der Waals surface area contributed by atoms with Gasteiger partial charge in [-0.15, -0.1) is 0 Å². The van der Waals surface area contributed by atoms with Gasteiger partial charge in [0.25, 0.3) is 0 Å². The van der Waals surface area contributed by atoms with Crippen LogP contribution in [0, 0.1) is 29.6 Å². The molecule has 0 saturated heterocycles. The minimum Gasteiger partial charge on any atom is -0.393 e. The summed E-state index contributed by atoms with van der Waals surface area (Å²) in [5.74, 6) is 4.11. The molecule has 6 unspecified atom stereocenters. The Kier molecular flexibility index (Phi) is 1.39. The molecular formula is C11H18O. The maximum absolute atomic E-state index is 9.93. The van der Waals surface area contributed by atoms with Crippen molar-refractivity contribution in [2.75, 3.05) is 0 Å². The lowest BCUT2D eigenvalue weighted by Crippen LogP contribution is -2.34. The lowest BCUT2D eigenvalue weighted by molar-refractivity contribution is 0.0204. The highest BCUT2D eigenvalue weighted by Crippen LogP contribution is 2.60. The summed E-state index contributed by atoms with van der Waals surface area (Å²) in [7, 11) is 0. The van der Waals surface area contributed by atoms with Gasteiger partial charge in [0.05, 0.1) is 6.10 Å². The molecule has 0 heterocycles. The number of hydrogen-bond donors (Lipinski definition) is 1. The first-order valence-electron chi connectivity index (χ1n) is 5.47.